The summed E-state index contributed by atoms with van der Waals surface area (Å²) in [7, 11) is 1.78. The van der Waals surface area contributed by atoms with E-state index in [1.807, 2.05) is 36.4 Å². The van der Waals surface area contributed by atoms with Crippen LogP contribution in [0.5, 0.6) is 0 Å². The summed E-state index contributed by atoms with van der Waals surface area (Å²) in [6.45, 7) is 7.75. The minimum atomic E-state index is -1.06. The maximum atomic E-state index is 13.1. The Hall–Kier alpha value is -3.63. The molecule has 7 heteroatoms. The summed E-state index contributed by atoms with van der Waals surface area (Å²) < 4.78 is 0. The van der Waals surface area contributed by atoms with E-state index in [0.717, 1.165) is 33.3 Å². The second kappa shape index (κ2) is 7.01. The number of nitrogens with one attached hydrogen (secondary N) is 2. The number of hydrogen-bond acceptors (Lipinski definition) is 5. The van der Waals surface area contributed by atoms with E-state index < -0.39 is 5.60 Å². The standard InChI is InChI=1S/C23H23N5O2/c1-13(10-24)11-28-12-17-15(6-8-19(25-4)20(17)22(28)29)14-5-7-18-16(9-14)21(27-26-18)23(2,3)30/h5-9,25,30H,1,11-12H2,2-4H3,(H,26,27). The van der Waals surface area contributed by atoms with Crippen LogP contribution in [0.2, 0.25) is 0 Å². The predicted molar refractivity (Wildman–Crippen MR) is 116 cm³/mol. The lowest BCUT2D eigenvalue weighted by Crippen LogP contribution is -2.26. The molecule has 0 radical (unpaired) electrons. The number of fused-ring (bicyclic) bond motifs is 2. The van der Waals surface area contributed by atoms with Gasteiger partial charge in [0, 0.05) is 30.2 Å². The summed E-state index contributed by atoms with van der Waals surface area (Å²) in [6.07, 6.45) is 0. The summed E-state index contributed by atoms with van der Waals surface area (Å²) in [5.41, 5.74) is 4.85. The molecule has 2 aromatic carbocycles. The Labute approximate surface area is 174 Å². The first-order valence-electron chi connectivity index (χ1n) is 9.66. The van der Waals surface area contributed by atoms with Gasteiger partial charge in [0.1, 0.15) is 5.60 Å². The SMILES string of the molecule is C=C(C#N)CN1Cc2c(-c3ccc4n[nH]c(C(C)(C)O)c4c3)ccc(NC)c2C1=O. The Morgan fingerprint density at radius 1 is 1.40 bits per heavy atom. The molecule has 0 aliphatic carbocycles. The fourth-order valence-corrected chi connectivity index (χ4v) is 3.99. The van der Waals surface area contributed by atoms with E-state index in [0.29, 0.717) is 23.4 Å². The van der Waals surface area contributed by atoms with Crippen LogP contribution in [0.3, 0.4) is 0 Å². The molecular weight excluding hydrogens is 378 g/mol. The Kier molecular flexibility index (Phi) is 4.60. The Balaban J connectivity index is 1.86. The van der Waals surface area contributed by atoms with Gasteiger partial charge in [0.25, 0.3) is 5.91 Å². The van der Waals surface area contributed by atoms with Crippen LogP contribution < -0.4 is 5.32 Å². The van der Waals surface area contributed by atoms with Gasteiger partial charge >= 0.3 is 0 Å². The molecule has 0 saturated heterocycles. The van der Waals surface area contributed by atoms with Crippen LogP contribution in [0.25, 0.3) is 22.0 Å². The van der Waals surface area contributed by atoms with Crippen molar-refractivity contribution in [3.05, 3.63) is 59.3 Å². The lowest BCUT2D eigenvalue weighted by molar-refractivity contribution is 0.0752. The van der Waals surface area contributed by atoms with Gasteiger partial charge in [-0.3, -0.25) is 9.89 Å². The molecule has 7 nitrogen and oxygen atoms in total. The number of aliphatic hydroxyl groups is 1. The number of aromatic amines is 1. The van der Waals surface area contributed by atoms with E-state index in [9.17, 15) is 9.90 Å². The molecule has 0 spiro atoms. The topological polar surface area (TPSA) is 105 Å². The van der Waals surface area contributed by atoms with Crippen molar-refractivity contribution in [3.8, 4) is 17.2 Å². The smallest absolute Gasteiger partial charge is 0.256 e. The van der Waals surface area contributed by atoms with Crippen molar-refractivity contribution in [2.45, 2.75) is 26.0 Å². The summed E-state index contributed by atoms with van der Waals surface area (Å²) in [5, 5.41) is 30.7. The number of rotatable bonds is 5. The zero-order valence-electron chi connectivity index (χ0n) is 17.2. The van der Waals surface area contributed by atoms with Crippen LogP contribution in [0.1, 0.15) is 35.5 Å². The Morgan fingerprint density at radius 3 is 2.83 bits per heavy atom. The molecule has 0 saturated carbocycles. The van der Waals surface area contributed by atoms with E-state index in [4.69, 9.17) is 5.26 Å². The molecule has 3 aromatic rings. The van der Waals surface area contributed by atoms with Crippen molar-refractivity contribution in [1.29, 1.82) is 5.26 Å². The molecule has 1 aliphatic rings. The van der Waals surface area contributed by atoms with Gasteiger partial charge < -0.3 is 15.3 Å². The Bertz CT molecular complexity index is 1230. The summed E-state index contributed by atoms with van der Waals surface area (Å²) in [6, 6.07) is 11.8. The summed E-state index contributed by atoms with van der Waals surface area (Å²) >= 11 is 0. The van der Waals surface area contributed by atoms with Crippen LogP contribution in [0.15, 0.2) is 42.5 Å². The highest BCUT2D eigenvalue weighted by Gasteiger charge is 2.32. The molecule has 2 heterocycles. The lowest BCUT2D eigenvalue weighted by Gasteiger charge is -2.16. The van der Waals surface area contributed by atoms with Gasteiger partial charge in [-0.25, -0.2) is 0 Å². The highest BCUT2D eigenvalue weighted by atomic mass is 16.3. The molecule has 30 heavy (non-hydrogen) atoms. The quantitative estimate of drug-likeness (QED) is 0.567. The zero-order valence-corrected chi connectivity index (χ0v) is 17.2. The van der Waals surface area contributed by atoms with E-state index in [1.54, 1.807) is 25.8 Å². The van der Waals surface area contributed by atoms with Crippen LogP contribution in [-0.2, 0) is 12.1 Å². The van der Waals surface area contributed by atoms with Gasteiger partial charge in [-0.05, 0) is 48.7 Å². The molecule has 0 atom stereocenters. The third-order valence-electron chi connectivity index (χ3n) is 5.45. The van der Waals surface area contributed by atoms with Crippen LogP contribution in [-0.4, -0.2) is 39.7 Å². The minimum absolute atomic E-state index is 0.117. The number of nitrogens with zero attached hydrogens (tertiary/aromatic N) is 3. The first-order chi connectivity index (χ1) is 14.2. The van der Waals surface area contributed by atoms with Gasteiger partial charge in [0.2, 0.25) is 0 Å². The van der Waals surface area contributed by atoms with Crippen molar-refractivity contribution in [3.63, 3.8) is 0 Å². The van der Waals surface area contributed by atoms with Crippen LogP contribution in [0.4, 0.5) is 5.69 Å². The van der Waals surface area contributed by atoms with Crippen molar-refractivity contribution in [2.24, 2.45) is 0 Å². The molecule has 3 N–H and O–H groups in total. The van der Waals surface area contributed by atoms with E-state index in [-0.39, 0.29) is 12.5 Å². The first kappa shape index (κ1) is 19.7. The number of carbonyl (C=O) groups excluding carboxylic acids is 1. The highest BCUT2D eigenvalue weighted by Crippen LogP contribution is 2.38. The number of H-pyrrole nitrogens is 1. The van der Waals surface area contributed by atoms with Gasteiger partial charge in [0.15, 0.2) is 0 Å². The third-order valence-corrected chi connectivity index (χ3v) is 5.45. The molecule has 1 aromatic heterocycles. The monoisotopic (exact) mass is 401 g/mol. The zero-order chi connectivity index (χ0) is 21.6. The van der Waals surface area contributed by atoms with Crippen molar-refractivity contribution in [2.75, 3.05) is 18.9 Å². The molecule has 4 rings (SSSR count). The maximum Gasteiger partial charge on any atom is 0.256 e. The van der Waals surface area contributed by atoms with Crippen molar-refractivity contribution >= 4 is 22.5 Å². The van der Waals surface area contributed by atoms with E-state index >= 15 is 0 Å². The molecule has 0 bridgehead atoms. The number of benzene rings is 2. The molecular formula is C23H23N5O2. The fraction of sp³-hybridized carbons (Fsp3) is 0.261. The second-order valence-corrected chi connectivity index (χ2v) is 8.03. The number of carbonyl (C=O) groups is 1. The third kappa shape index (κ3) is 3.11. The average molecular weight is 401 g/mol. The molecule has 152 valence electrons. The average Bonchev–Trinajstić information content (AvgIpc) is 3.28. The van der Waals surface area contributed by atoms with Crippen molar-refractivity contribution in [1.82, 2.24) is 15.1 Å². The second-order valence-electron chi connectivity index (χ2n) is 8.03. The van der Waals surface area contributed by atoms with Gasteiger partial charge in [-0.1, -0.05) is 18.7 Å². The van der Waals surface area contributed by atoms with E-state index in [2.05, 4.69) is 22.1 Å². The van der Waals surface area contributed by atoms with E-state index in [1.165, 1.54) is 0 Å². The minimum Gasteiger partial charge on any atom is -0.387 e. The molecule has 0 unspecified atom stereocenters. The number of aromatic nitrogens is 2. The summed E-state index contributed by atoms with van der Waals surface area (Å²) in [4.78, 5) is 14.7. The largest absolute Gasteiger partial charge is 0.387 e. The maximum absolute atomic E-state index is 13.1. The van der Waals surface area contributed by atoms with Gasteiger partial charge in [-0.15, -0.1) is 0 Å². The highest BCUT2D eigenvalue weighted by molar-refractivity contribution is 6.06. The normalized spacial score (nSPS) is 13.4. The number of hydrogen-bond donors (Lipinski definition) is 3. The number of amides is 1. The van der Waals surface area contributed by atoms with Gasteiger partial charge in [0.05, 0.1) is 29.4 Å². The first-order valence-corrected chi connectivity index (χ1v) is 9.66. The van der Waals surface area contributed by atoms with Crippen LogP contribution in [0, 0.1) is 11.3 Å². The van der Waals surface area contributed by atoms with Crippen molar-refractivity contribution < 1.29 is 9.90 Å². The molecule has 0 fully saturated rings. The number of anilines is 1. The fourth-order valence-electron chi connectivity index (χ4n) is 3.99. The van der Waals surface area contributed by atoms with Crippen LogP contribution >= 0.6 is 0 Å². The lowest BCUT2D eigenvalue weighted by atomic mass is 9.93. The molecule has 1 aliphatic heterocycles. The number of nitriles is 1. The molecule has 1 amide bonds. The predicted octanol–water partition coefficient (Wildman–Crippen LogP) is 3.53. The summed E-state index contributed by atoms with van der Waals surface area (Å²) in [5.74, 6) is -0.117. The van der Waals surface area contributed by atoms with Gasteiger partial charge in [-0.2, -0.15) is 10.4 Å². The Morgan fingerprint density at radius 2 is 2.17 bits per heavy atom.